The minimum Gasteiger partial charge on any atom is -0.299 e. The molecule has 1 aromatic carbocycles. The van der Waals surface area contributed by atoms with Gasteiger partial charge in [0.2, 0.25) is 0 Å². The number of carbonyl (C=O) groups is 1. The van der Waals surface area contributed by atoms with Crippen molar-refractivity contribution in [1.82, 2.24) is 0 Å². The lowest BCUT2D eigenvalue weighted by molar-refractivity contribution is -0.120. The van der Waals surface area contributed by atoms with E-state index in [2.05, 4.69) is 45.0 Å². The monoisotopic (exact) mass is 244 g/mol. The van der Waals surface area contributed by atoms with Gasteiger partial charge in [-0.15, -0.1) is 0 Å². The smallest absolute Gasteiger partial charge is 0.136 e. The third kappa shape index (κ3) is 3.69. The Hall–Kier alpha value is -1.11. The molecule has 0 amide bonds. The number of benzene rings is 1. The van der Waals surface area contributed by atoms with Gasteiger partial charge in [-0.1, -0.05) is 51.1 Å². The first kappa shape index (κ1) is 13.3. The van der Waals surface area contributed by atoms with Crippen molar-refractivity contribution in [1.29, 1.82) is 0 Å². The number of rotatable bonds is 5. The van der Waals surface area contributed by atoms with Crippen LogP contribution in [0.5, 0.6) is 0 Å². The Balaban J connectivity index is 1.76. The number of hydrogen-bond acceptors (Lipinski definition) is 1. The van der Waals surface area contributed by atoms with Gasteiger partial charge in [-0.2, -0.15) is 0 Å². The maximum absolute atomic E-state index is 12.1. The minimum absolute atomic E-state index is 0.312. The molecule has 1 saturated carbocycles. The van der Waals surface area contributed by atoms with Gasteiger partial charge in [-0.25, -0.2) is 0 Å². The van der Waals surface area contributed by atoms with E-state index in [0.717, 1.165) is 25.7 Å². The normalized spacial score (nSPS) is 22.8. The molecule has 18 heavy (non-hydrogen) atoms. The quantitative estimate of drug-likeness (QED) is 0.741. The van der Waals surface area contributed by atoms with Crippen LogP contribution >= 0.6 is 0 Å². The number of hydrogen-bond donors (Lipinski definition) is 0. The van der Waals surface area contributed by atoms with Gasteiger partial charge in [0.1, 0.15) is 5.78 Å². The number of ketones is 1. The van der Waals surface area contributed by atoms with Crippen molar-refractivity contribution in [3.63, 3.8) is 0 Å². The second-order valence-corrected chi connectivity index (χ2v) is 6.74. The fraction of sp³-hybridized carbons (Fsp3) is 0.588. The average Bonchev–Trinajstić information content (AvgIpc) is 3.08. The van der Waals surface area contributed by atoms with Crippen molar-refractivity contribution in [2.45, 2.75) is 52.4 Å². The van der Waals surface area contributed by atoms with E-state index in [1.54, 1.807) is 0 Å². The molecule has 0 saturated heterocycles. The lowest BCUT2D eigenvalue weighted by Crippen LogP contribution is -2.08. The average molecular weight is 244 g/mol. The molecule has 1 heteroatoms. The lowest BCUT2D eigenvalue weighted by atomic mass is 9.89. The maximum Gasteiger partial charge on any atom is 0.136 e. The van der Waals surface area contributed by atoms with Crippen LogP contribution in [0.15, 0.2) is 30.3 Å². The van der Waals surface area contributed by atoms with Crippen LogP contribution in [-0.2, 0) is 4.79 Å². The van der Waals surface area contributed by atoms with E-state index in [1.165, 1.54) is 5.56 Å². The molecular formula is C17H24O. The molecule has 0 bridgehead atoms. The summed E-state index contributed by atoms with van der Waals surface area (Å²) in [5, 5.41) is 0. The summed E-state index contributed by atoms with van der Waals surface area (Å²) >= 11 is 0. The Morgan fingerprint density at radius 1 is 1.22 bits per heavy atom. The van der Waals surface area contributed by atoms with Crippen LogP contribution in [0.25, 0.3) is 0 Å². The fourth-order valence-electron chi connectivity index (χ4n) is 2.60. The Morgan fingerprint density at radius 3 is 2.50 bits per heavy atom. The predicted octanol–water partition coefficient (Wildman–Crippen LogP) is 4.58. The SMILES string of the molecule is CC(C)(C)CCCC(=O)C1CC1c1ccccc1. The summed E-state index contributed by atoms with van der Waals surface area (Å²) < 4.78 is 0. The first-order valence-corrected chi connectivity index (χ1v) is 7.05. The summed E-state index contributed by atoms with van der Waals surface area (Å²) in [7, 11) is 0. The molecule has 2 atom stereocenters. The summed E-state index contributed by atoms with van der Waals surface area (Å²) in [6.45, 7) is 6.71. The van der Waals surface area contributed by atoms with E-state index in [4.69, 9.17) is 0 Å². The van der Waals surface area contributed by atoms with E-state index in [1.807, 2.05) is 6.07 Å². The van der Waals surface area contributed by atoms with E-state index >= 15 is 0 Å². The largest absolute Gasteiger partial charge is 0.299 e. The zero-order chi connectivity index (χ0) is 13.2. The highest BCUT2D eigenvalue weighted by Gasteiger charge is 2.42. The van der Waals surface area contributed by atoms with Crippen LogP contribution in [0, 0.1) is 11.3 Å². The van der Waals surface area contributed by atoms with E-state index in [9.17, 15) is 4.79 Å². The third-order valence-electron chi connectivity index (χ3n) is 3.78. The molecule has 0 N–H and O–H groups in total. The molecule has 2 rings (SSSR count). The summed E-state index contributed by atoms with van der Waals surface area (Å²) in [6, 6.07) is 10.5. The Morgan fingerprint density at radius 2 is 1.89 bits per heavy atom. The van der Waals surface area contributed by atoms with Gasteiger partial charge in [0.25, 0.3) is 0 Å². The van der Waals surface area contributed by atoms with Crippen LogP contribution in [0.2, 0.25) is 0 Å². The zero-order valence-electron chi connectivity index (χ0n) is 11.8. The van der Waals surface area contributed by atoms with Crippen LogP contribution in [-0.4, -0.2) is 5.78 Å². The van der Waals surface area contributed by atoms with Gasteiger partial charge < -0.3 is 0 Å². The fourth-order valence-corrected chi connectivity index (χ4v) is 2.60. The summed E-state index contributed by atoms with van der Waals surface area (Å²) in [5.41, 5.74) is 1.69. The molecule has 2 unspecified atom stereocenters. The molecule has 1 aromatic rings. The van der Waals surface area contributed by atoms with Crippen LogP contribution in [0.1, 0.15) is 57.9 Å². The van der Waals surface area contributed by atoms with Crippen molar-refractivity contribution in [3.05, 3.63) is 35.9 Å². The predicted molar refractivity (Wildman–Crippen MR) is 75.6 cm³/mol. The highest BCUT2D eigenvalue weighted by molar-refractivity contribution is 5.84. The summed E-state index contributed by atoms with van der Waals surface area (Å²) in [4.78, 5) is 12.1. The van der Waals surface area contributed by atoms with Gasteiger partial charge in [0.15, 0.2) is 0 Å². The molecule has 0 spiro atoms. The van der Waals surface area contributed by atoms with E-state index in [-0.39, 0.29) is 0 Å². The Kier molecular flexibility index (Phi) is 3.89. The zero-order valence-corrected chi connectivity index (χ0v) is 11.8. The molecular weight excluding hydrogens is 220 g/mol. The number of Topliss-reactive ketones (excluding diaryl/α,β-unsaturated/α-hetero) is 1. The molecule has 1 nitrogen and oxygen atoms in total. The second kappa shape index (κ2) is 5.26. The van der Waals surface area contributed by atoms with E-state index < -0.39 is 0 Å². The first-order valence-electron chi connectivity index (χ1n) is 7.05. The standard InChI is InChI=1S/C17H24O/c1-17(2,3)11-7-10-16(18)15-12-14(15)13-8-5-4-6-9-13/h4-6,8-9,14-15H,7,10-12H2,1-3H3. The van der Waals surface area contributed by atoms with Crippen molar-refractivity contribution >= 4 is 5.78 Å². The molecule has 0 heterocycles. The van der Waals surface area contributed by atoms with Crippen LogP contribution in [0.3, 0.4) is 0 Å². The van der Waals surface area contributed by atoms with Gasteiger partial charge in [0.05, 0.1) is 0 Å². The van der Waals surface area contributed by atoms with Crippen molar-refractivity contribution in [2.75, 3.05) is 0 Å². The summed E-state index contributed by atoms with van der Waals surface area (Å²) in [6.07, 6.45) is 4.02. The highest BCUT2D eigenvalue weighted by atomic mass is 16.1. The van der Waals surface area contributed by atoms with Crippen molar-refractivity contribution in [3.8, 4) is 0 Å². The maximum atomic E-state index is 12.1. The van der Waals surface area contributed by atoms with Gasteiger partial charge in [0, 0.05) is 12.3 Å². The molecule has 1 aliphatic carbocycles. The first-order chi connectivity index (χ1) is 8.47. The Labute approximate surface area is 111 Å². The highest BCUT2D eigenvalue weighted by Crippen LogP contribution is 2.48. The van der Waals surface area contributed by atoms with Crippen LogP contribution < -0.4 is 0 Å². The van der Waals surface area contributed by atoms with Crippen molar-refractivity contribution < 1.29 is 4.79 Å². The number of carbonyl (C=O) groups excluding carboxylic acids is 1. The molecule has 0 aromatic heterocycles. The lowest BCUT2D eigenvalue weighted by Gasteiger charge is -2.17. The van der Waals surface area contributed by atoms with E-state index in [0.29, 0.717) is 23.0 Å². The molecule has 98 valence electrons. The molecule has 0 radical (unpaired) electrons. The van der Waals surface area contributed by atoms with Gasteiger partial charge >= 0.3 is 0 Å². The second-order valence-electron chi connectivity index (χ2n) is 6.74. The minimum atomic E-state index is 0.312. The molecule has 0 aliphatic heterocycles. The molecule has 1 aliphatic rings. The summed E-state index contributed by atoms with van der Waals surface area (Å²) in [5.74, 6) is 1.30. The van der Waals surface area contributed by atoms with Crippen molar-refractivity contribution in [2.24, 2.45) is 11.3 Å². The third-order valence-corrected chi connectivity index (χ3v) is 3.78. The Bertz CT molecular complexity index is 399. The molecule has 1 fully saturated rings. The van der Waals surface area contributed by atoms with Gasteiger partial charge in [-0.3, -0.25) is 4.79 Å². The van der Waals surface area contributed by atoms with Gasteiger partial charge in [-0.05, 0) is 36.2 Å². The van der Waals surface area contributed by atoms with Crippen LogP contribution in [0.4, 0.5) is 0 Å². The topological polar surface area (TPSA) is 17.1 Å².